The quantitative estimate of drug-likeness (QED) is 0.730. The van der Waals surface area contributed by atoms with Crippen LogP contribution in [0.25, 0.3) is 0 Å². The summed E-state index contributed by atoms with van der Waals surface area (Å²) in [5.41, 5.74) is 1.29. The molecule has 0 aromatic carbocycles. The third kappa shape index (κ3) is 3.30. The van der Waals surface area contributed by atoms with Gasteiger partial charge >= 0.3 is 5.97 Å². The van der Waals surface area contributed by atoms with Crippen LogP contribution < -0.4 is 0 Å². The van der Waals surface area contributed by atoms with Crippen LogP contribution in [0.4, 0.5) is 0 Å². The van der Waals surface area contributed by atoms with Crippen molar-refractivity contribution < 1.29 is 9.53 Å². The first kappa shape index (κ1) is 12.6. The van der Waals surface area contributed by atoms with Crippen LogP contribution in [0, 0.1) is 0 Å². The molecule has 1 heterocycles. The van der Waals surface area contributed by atoms with Gasteiger partial charge in [0.2, 0.25) is 0 Å². The van der Waals surface area contributed by atoms with Crippen LogP contribution in [0.2, 0.25) is 0 Å². The molecule has 1 fully saturated rings. The van der Waals surface area contributed by atoms with Crippen molar-refractivity contribution in [2.75, 3.05) is 6.61 Å². The molecule has 1 aromatic rings. The van der Waals surface area contributed by atoms with E-state index in [-0.39, 0.29) is 12.0 Å². The molecule has 17 heavy (non-hydrogen) atoms. The summed E-state index contributed by atoms with van der Waals surface area (Å²) < 4.78 is 5.10. The van der Waals surface area contributed by atoms with E-state index in [4.69, 9.17) is 4.74 Å². The van der Waals surface area contributed by atoms with Gasteiger partial charge in [-0.05, 0) is 49.1 Å². The lowest BCUT2D eigenvalue weighted by Gasteiger charge is -2.27. The fourth-order valence-corrected chi connectivity index (χ4v) is 2.64. The molecule has 2 rings (SSSR count). The molecule has 3 nitrogen and oxygen atoms in total. The van der Waals surface area contributed by atoms with E-state index >= 15 is 0 Å². The number of carbonyl (C=O) groups is 1. The van der Waals surface area contributed by atoms with Crippen molar-refractivity contribution in [3.05, 3.63) is 22.4 Å². The fraction of sp³-hybridized carbons (Fsp3) is 0.615. The summed E-state index contributed by atoms with van der Waals surface area (Å²) in [5.74, 6) is -0.102. The largest absolute Gasteiger partial charge is 0.465 e. The maximum absolute atomic E-state index is 11.8. The first-order valence-electron chi connectivity index (χ1n) is 6.15. The number of nitrogens with zero attached hydrogens (tertiary/aromatic N) is 1. The maximum atomic E-state index is 11.8. The zero-order chi connectivity index (χ0) is 12.3. The first-order valence-corrected chi connectivity index (χ1v) is 7.10. The third-order valence-corrected chi connectivity index (χ3v) is 3.82. The monoisotopic (exact) mass is 253 g/mol. The second-order valence-corrected chi connectivity index (χ2v) is 5.24. The highest BCUT2D eigenvalue weighted by molar-refractivity contribution is 7.07. The minimum absolute atomic E-state index is 0.102. The number of hydrogen-bond donors (Lipinski definition) is 0. The second kappa shape index (κ2) is 5.65. The number of ether oxygens (including phenoxy) is 1. The van der Waals surface area contributed by atoms with Crippen molar-refractivity contribution in [3.63, 3.8) is 0 Å². The van der Waals surface area contributed by atoms with Crippen molar-refractivity contribution in [1.82, 2.24) is 4.90 Å². The van der Waals surface area contributed by atoms with Crippen molar-refractivity contribution in [1.29, 1.82) is 0 Å². The summed E-state index contributed by atoms with van der Waals surface area (Å²) in [7, 11) is 0. The fourth-order valence-electron chi connectivity index (χ4n) is 1.98. The Labute approximate surface area is 106 Å². The van der Waals surface area contributed by atoms with E-state index < -0.39 is 0 Å². The second-order valence-electron chi connectivity index (χ2n) is 4.46. The van der Waals surface area contributed by atoms with E-state index in [1.807, 2.05) is 13.8 Å². The van der Waals surface area contributed by atoms with E-state index in [1.54, 1.807) is 11.3 Å². The predicted octanol–water partition coefficient (Wildman–Crippen LogP) is 2.66. The molecule has 0 amide bonds. The maximum Gasteiger partial charge on any atom is 0.323 e. The van der Waals surface area contributed by atoms with Gasteiger partial charge < -0.3 is 4.74 Å². The predicted molar refractivity (Wildman–Crippen MR) is 69.0 cm³/mol. The summed E-state index contributed by atoms with van der Waals surface area (Å²) in [6.07, 6.45) is 2.40. The van der Waals surface area contributed by atoms with Gasteiger partial charge in [0, 0.05) is 12.6 Å². The normalized spacial score (nSPS) is 17.1. The Morgan fingerprint density at radius 3 is 2.94 bits per heavy atom. The topological polar surface area (TPSA) is 29.5 Å². The lowest BCUT2D eigenvalue weighted by Crippen LogP contribution is -2.41. The highest BCUT2D eigenvalue weighted by atomic mass is 32.1. The van der Waals surface area contributed by atoms with Gasteiger partial charge in [-0.2, -0.15) is 11.3 Å². The zero-order valence-electron chi connectivity index (χ0n) is 10.4. The molecule has 1 atom stereocenters. The van der Waals surface area contributed by atoms with Crippen molar-refractivity contribution in [3.8, 4) is 0 Å². The molecule has 1 aromatic heterocycles. The van der Waals surface area contributed by atoms with Gasteiger partial charge in [-0.3, -0.25) is 9.69 Å². The molecule has 0 saturated heterocycles. The highest BCUT2D eigenvalue weighted by Crippen LogP contribution is 2.30. The highest BCUT2D eigenvalue weighted by Gasteiger charge is 2.35. The van der Waals surface area contributed by atoms with E-state index in [1.165, 1.54) is 18.4 Å². The number of esters is 1. The molecule has 0 bridgehead atoms. The molecular formula is C13H19NO2S. The van der Waals surface area contributed by atoms with Crippen LogP contribution in [0.5, 0.6) is 0 Å². The molecule has 0 radical (unpaired) electrons. The van der Waals surface area contributed by atoms with Gasteiger partial charge in [0.15, 0.2) is 0 Å². The number of hydrogen-bond acceptors (Lipinski definition) is 4. The average molecular weight is 253 g/mol. The number of rotatable bonds is 6. The molecule has 94 valence electrons. The smallest absolute Gasteiger partial charge is 0.323 e. The van der Waals surface area contributed by atoms with Gasteiger partial charge in [-0.1, -0.05) is 0 Å². The minimum atomic E-state index is -0.137. The van der Waals surface area contributed by atoms with Crippen LogP contribution in [-0.2, 0) is 16.1 Å². The molecule has 0 spiro atoms. The summed E-state index contributed by atoms with van der Waals surface area (Å²) in [6, 6.07) is 2.55. The Morgan fingerprint density at radius 1 is 1.65 bits per heavy atom. The summed E-state index contributed by atoms with van der Waals surface area (Å²) >= 11 is 1.70. The first-order chi connectivity index (χ1) is 8.22. The SMILES string of the molecule is CCOC(=O)C(C)N(Cc1ccsc1)C1CC1. The Kier molecular flexibility index (Phi) is 4.18. The number of carbonyl (C=O) groups excluding carboxylic acids is 1. The molecule has 0 aliphatic heterocycles. The molecule has 4 heteroatoms. The van der Waals surface area contributed by atoms with Crippen LogP contribution in [-0.4, -0.2) is 29.6 Å². The summed E-state index contributed by atoms with van der Waals surface area (Å²) in [6.45, 7) is 5.11. The van der Waals surface area contributed by atoms with Gasteiger partial charge in [-0.25, -0.2) is 0 Å². The number of thiophene rings is 1. The Hall–Kier alpha value is -0.870. The van der Waals surface area contributed by atoms with Crippen LogP contribution >= 0.6 is 11.3 Å². The zero-order valence-corrected chi connectivity index (χ0v) is 11.2. The van der Waals surface area contributed by atoms with Crippen LogP contribution in [0.1, 0.15) is 32.3 Å². The van der Waals surface area contributed by atoms with Crippen molar-refractivity contribution in [2.24, 2.45) is 0 Å². The van der Waals surface area contributed by atoms with E-state index in [2.05, 4.69) is 21.7 Å². The molecule has 1 aliphatic rings. The minimum Gasteiger partial charge on any atom is -0.465 e. The van der Waals surface area contributed by atoms with Gasteiger partial charge in [0.05, 0.1) is 6.61 Å². The Morgan fingerprint density at radius 2 is 2.41 bits per heavy atom. The third-order valence-electron chi connectivity index (χ3n) is 3.09. The van der Waals surface area contributed by atoms with Crippen molar-refractivity contribution >= 4 is 17.3 Å². The summed E-state index contributed by atoms with van der Waals surface area (Å²) in [5, 5.41) is 4.22. The molecule has 1 saturated carbocycles. The lowest BCUT2D eigenvalue weighted by molar-refractivity contribution is -0.149. The Balaban J connectivity index is 1.99. The summed E-state index contributed by atoms with van der Waals surface area (Å²) in [4.78, 5) is 14.0. The average Bonchev–Trinajstić information content (AvgIpc) is 3.03. The standard InChI is InChI=1S/C13H19NO2S/c1-3-16-13(15)10(2)14(12-4-5-12)8-11-6-7-17-9-11/h6-7,9-10,12H,3-5,8H2,1-2H3. The molecular weight excluding hydrogens is 234 g/mol. The van der Waals surface area contributed by atoms with Gasteiger partial charge in [0.25, 0.3) is 0 Å². The van der Waals surface area contributed by atoms with Crippen molar-refractivity contribution in [2.45, 2.75) is 45.3 Å². The lowest BCUT2D eigenvalue weighted by atomic mass is 10.2. The van der Waals surface area contributed by atoms with E-state index in [0.29, 0.717) is 12.6 Å². The molecule has 0 N–H and O–H groups in total. The van der Waals surface area contributed by atoms with Gasteiger partial charge in [0.1, 0.15) is 6.04 Å². The Bertz CT molecular complexity index is 360. The van der Waals surface area contributed by atoms with E-state index in [9.17, 15) is 4.79 Å². The van der Waals surface area contributed by atoms with E-state index in [0.717, 1.165) is 6.54 Å². The molecule has 1 aliphatic carbocycles. The van der Waals surface area contributed by atoms with Crippen LogP contribution in [0.15, 0.2) is 16.8 Å². The van der Waals surface area contributed by atoms with Gasteiger partial charge in [-0.15, -0.1) is 0 Å². The van der Waals surface area contributed by atoms with Crippen LogP contribution in [0.3, 0.4) is 0 Å². The molecule has 1 unspecified atom stereocenters.